The second-order valence-electron chi connectivity index (χ2n) is 7.73. The Bertz CT molecular complexity index is 1310. The fourth-order valence-electron chi connectivity index (χ4n) is 3.85. The van der Waals surface area contributed by atoms with Crippen molar-refractivity contribution in [1.29, 1.82) is 0 Å². The first kappa shape index (κ1) is 22.1. The van der Waals surface area contributed by atoms with Crippen molar-refractivity contribution in [1.82, 2.24) is 9.78 Å². The number of fused-ring (bicyclic) bond motifs is 1. The number of halogens is 3. The minimum atomic E-state index is -4.49. The molecule has 32 heavy (non-hydrogen) atoms. The van der Waals surface area contributed by atoms with E-state index in [2.05, 4.69) is 5.10 Å². The Morgan fingerprint density at radius 3 is 2.56 bits per heavy atom. The van der Waals surface area contributed by atoms with Gasteiger partial charge in [-0.25, -0.2) is 13.1 Å². The van der Waals surface area contributed by atoms with Crippen LogP contribution in [0.15, 0.2) is 53.6 Å². The van der Waals surface area contributed by atoms with Crippen LogP contribution in [0.1, 0.15) is 33.6 Å². The third kappa shape index (κ3) is 4.02. The summed E-state index contributed by atoms with van der Waals surface area (Å²) in [5, 5.41) is 4.15. The summed E-state index contributed by atoms with van der Waals surface area (Å²) in [5.74, 6) is -0.339. The van der Waals surface area contributed by atoms with Gasteiger partial charge in [0.05, 0.1) is 33.6 Å². The molecule has 2 heterocycles. The maximum Gasteiger partial charge on any atom is 0.416 e. The molecule has 0 aliphatic carbocycles. The van der Waals surface area contributed by atoms with Crippen molar-refractivity contribution in [3.63, 3.8) is 0 Å². The van der Waals surface area contributed by atoms with E-state index in [9.17, 15) is 26.4 Å². The Labute approximate surface area is 183 Å². The van der Waals surface area contributed by atoms with E-state index in [1.165, 1.54) is 29.1 Å². The van der Waals surface area contributed by atoms with Crippen LogP contribution in [0.25, 0.3) is 5.69 Å². The van der Waals surface area contributed by atoms with Crippen LogP contribution in [-0.4, -0.2) is 36.9 Å². The quantitative estimate of drug-likeness (QED) is 0.584. The van der Waals surface area contributed by atoms with Gasteiger partial charge >= 0.3 is 6.18 Å². The number of sulfone groups is 1. The number of carbonyl (C=O) groups excluding carboxylic acids is 1. The lowest BCUT2D eigenvalue weighted by Gasteiger charge is -2.29. The first-order valence-electron chi connectivity index (χ1n) is 9.84. The van der Waals surface area contributed by atoms with E-state index < -0.39 is 21.6 Å². The summed E-state index contributed by atoms with van der Waals surface area (Å²) >= 11 is 0. The van der Waals surface area contributed by atoms with Gasteiger partial charge in [-0.15, -0.1) is 0 Å². The number of aromatic nitrogens is 2. The van der Waals surface area contributed by atoms with Gasteiger partial charge in [-0.05, 0) is 61.7 Å². The average Bonchev–Trinajstić information content (AvgIpc) is 3.12. The van der Waals surface area contributed by atoms with E-state index in [-0.39, 0.29) is 22.1 Å². The van der Waals surface area contributed by atoms with Crippen molar-refractivity contribution in [3.8, 4) is 5.69 Å². The topological polar surface area (TPSA) is 72.3 Å². The van der Waals surface area contributed by atoms with Gasteiger partial charge in [0.1, 0.15) is 0 Å². The number of rotatable bonds is 3. The van der Waals surface area contributed by atoms with Crippen LogP contribution in [0.5, 0.6) is 0 Å². The highest BCUT2D eigenvalue weighted by molar-refractivity contribution is 7.90. The second kappa shape index (κ2) is 7.77. The van der Waals surface area contributed by atoms with E-state index in [0.29, 0.717) is 30.8 Å². The zero-order valence-electron chi connectivity index (χ0n) is 17.3. The maximum absolute atomic E-state index is 13.3. The number of alkyl halides is 3. The highest BCUT2D eigenvalue weighted by Gasteiger charge is 2.31. The number of anilines is 1. The molecule has 10 heteroatoms. The Morgan fingerprint density at radius 1 is 1.12 bits per heavy atom. The molecular weight excluding hydrogens is 443 g/mol. The normalized spacial score (nSPS) is 14.3. The highest BCUT2D eigenvalue weighted by atomic mass is 32.2. The van der Waals surface area contributed by atoms with Crippen LogP contribution in [0.3, 0.4) is 0 Å². The molecule has 1 aliphatic rings. The van der Waals surface area contributed by atoms with Gasteiger partial charge in [-0.2, -0.15) is 18.3 Å². The summed E-state index contributed by atoms with van der Waals surface area (Å²) in [4.78, 5) is 15.1. The molecule has 1 aromatic heterocycles. The van der Waals surface area contributed by atoms with Gasteiger partial charge in [-0.3, -0.25) is 4.79 Å². The fraction of sp³-hybridized carbons (Fsp3) is 0.273. The number of hydrogen-bond acceptors (Lipinski definition) is 4. The first-order valence-corrected chi connectivity index (χ1v) is 11.7. The summed E-state index contributed by atoms with van der Waals surface area (Å²) in [5.41, 5.74) is 1.46. The van der Waals surface area contributed by atoms with Crippen LogP contribution in [-0.2, 0) is 22.4 Å². The molecule has 0 N–H and O–H groups in total. The minimum absolute atomic E-state index is 0.194. The van der Waals surface area contributed by atoms with Crippen molar-refractivity contribution < 1.29 is 26.4 Å². The molecular formula is C22H20F3N3O3S. The number of carbonyl (C=O) groups is 1. The van der Waals surface area contributed by atoms with Crippen molar-refractivity contribution in [2.24, 2.45) is 0 Å². The number of aryl methyl sites for hydroxylation is 1. The monoisotopic (exact) mass is 463 g/mol. The number of benzene rings is 2. The van der Waals surface area contributed by atoms with E-state index in [1.807, 2.05) is 0 Å². The van der Waals surface area contributed by atoms with E-state index in [4.69, 9.17) is 0 Å². The highest BCUT2D eigenvalue weighted by Crippen LogP contribution is 2.32. The Morgan fingerprint density at radius 2 is 1.88 bits per heavy atom. The van der Waals surface area contributed by atoms with E-state index in [0.717, 1.165) is 24.0 Å². The Balaban J connectivity index is 1.69. The zero-order chi connectivity index (χ0) is 23.3. The van der Waals surface area contributed by atoms with Crippen molar-refractivity contribution in [2.75, 3.05) is 17.7 Å². The molecule has 0 spiro atoms. The van der Waals surface area contributed by atoms with Gasteiger partial charge in [0.2, 0.25) is 0 Å². The van der Waals surface area contributed by atoms with Crippen molar-refractivity contribution in [2.45, 2.75) is 30.8 Å². The summed E-state index contributed by atoms with van der Waals surface area (Å²) in [7, 11) is -3.37. The molecule has 0 radical (unpaired) electrons. The fourth-order valence-corrected chi connectivity index (χ4v) is 4.53. The van der Waals surface area contributed by atoms with E-state index in [1.54, 1.807) is 24.0 Å². The van der Waals surface area contributed by atoms with Gasteiger partial charge in [0, 0.05) is 18.5 Å². The molecule has 4 rings (SSSR count). The van der Waals surface area contributed by atoms with Gasteiger partial charge in [-0.1, -0.05) is 6.07 Å². The lowest BCUT2D eigenvalue weighted by atomic mass is 10.0. The smallest absolute Gasteiger partial charge is 0.308 e. The summed E-state index contributed by atoms with van der Waals surface area (Å²) < 4.78 is 64.3. The second-order valence-corrected chi connectivity index (χ2v) is 9.74. The molecule has 168 valence electrons. The molecule has 0 saturated heterocycles. The molecule has 0 bridgehead atoms. The van der Waals surface area contributed by atoms with Crippen LogP contribution < -0.4 is 4.90 Å². The Hall–Kier alpha value is -3.14. The van der Waals surface area contributed by atoms with Crippen LogP contribution in [0.4, 0.5) is 18.9 Å². The molecule has 1 aliphatic heterocycles. The molecule has 0 fully saturated rings. The molecule has 0 atom stereocenters. The summed E-state index contributed by atoms with van der Waals surface area (Å²) in [6.07, 6.45) is -0.709. The third-order valence-corrected chi connectivity index (χ3v) is 6.61. The van der Waals surface area contributed by atoms with Gasteiger partial charge < -0.3 is 4.90 Å². The minimum Gasteiger partial charge on any atom is -0.308 e. The largest absolute Gasteiger partial charge is 0.416 e. The number of nitrogens with zero attached hydrogens (tertiary/aromatic N) is 3. The number of hydrogen-bond donors (Lipinski definition) is 0. The van der Waals surface area contributed by atoms with E-state index >= 15 is 0 Å². The Kier molecular flexibility index (Phi) is 5.36. The lowest BCUT2D eigenvalue weighted by molar-refractivity contribution is -0.137. The molecule has 6 nitrogen and oxygen atoms in total. The first-order chi connectivity index (χ1) is 15.0. The maximum atomic E-state index is 13.3. The molecule has 2 aromatic carbocycles. The third-order valence-electron chi connectivity index (χ3n) is 5.50. The average molecular weight is 463 g/mol. The van der Waals surface area contributed by atoms with Crippen molar-refractivity contribution in [3.05, 3.63) is 71.0 Å². The molecule has 0 saturated carbocycles. The van der Waals surface area contributed by atoms with Crippen LogP contribution >= 0.6 is 0 Å². The zero-order valence-corrected chi connectivity index (χ0v) is 18.2. The van der Waals surface area contributed by atoms with Crippen molar-refractivity contribution >= 4 is 21.4 Å². The van der Waals surface area contributed by atoms with Crippen LogP contribution in [0, 0.1) is 6.92 Å². The number of amides is 1. The molecule has 0 unspecified atom stereocenters. The predicted molar refractivity (Wildman–Crippen MR) is 113 cm³/mol. The predicted octanol–water partition coefficient (Wildman–Crippen LogP) is 4.20. The summed E-state index contributed by atoms with van der Waals surface area (Å²) in [6, 6.07) is 9.42. The van der Waals surface area contributed by atoms with Crippen LogP contribution in [0.2, 0.25) is 0 Å². The summed E-state index contributed by atoms with van der Waals surface area (Å²) in [6.45, 7) is 2.07. The standard InChI is InChI=1S/C22H20F3N3O3S/c1-14-19(13-26-28(14)17-7-3-6-16(12-17)22(23,24)25)21(29)27-10-4-5-15-11-18(32(2,30)31)8-9-20(15)27/h3,6-9,11-13H,4-5,10H2,1-2H3. The lowest BCUT2D eigenvalue weighted by Crippen LogP contribution is -2.35. The van der Waals surface area contributed by atoms with Gasteiger partial charge in [0.25, 0.3) is 5.91 Å². The SMILES string of the molecule is Cc1c(C(=O)N2CCCc3cc(S(C)(=O)=O)ccc32)cnn1-c1cccc(C(F)(F)F)c1. The molecule has 1 amide bonds. The molecule has 3 aromatic rings. The van der Waals surface area contributed by atoms with Gasteiger partial charge in [0.15, 0.2) is 9.84 Å².